The van der Waals surface area contributed by atoms with Crippen LogP contribution in [0, 0.1) is 0 Å². The van der Waals surface area contributed by atoms with E-state index in [1.165, 1.54) is 5.39 Å². The summed E-state index contributed by atoms with van der Waals surface area (Å²) in [7, 11) is 0. The van der Waals surface area contributed by atoms with Crippen LogP contribution in [0.25, 0.3) is 77.1 Å². The third-order valence-corrected chi connectivity index (χ3v) is 7.53. The van der Waals surface area contributed by atoms with Crippen molar-refractivity contribution in [3.63, 3.8) is 0 Å². The molecule has 0 N–H and O–H groups in total. The molecule has 5 heteroatoms. The molecular weight excluding hydrogens is 490 g/mol. The smallest absolute Gasteiger partial charge is 0.164 e. The molecule has 186 valence electrons. The molecule has 3 aromatic heterocycles. The maximum absolute atomic E-state index is 5.03. The maximum atomic E-state index is 5.03. The number of hydrogen-bond donors (Lipinski definition) is 0. The molecule has 0 saturated heterocycles. The average Bonchev–Trinajstić information content (AvgIpc) is 3.05. The van der Waals surface area contributed by atoms with Crippen LogP contribution in [-0.2, 0) is 0 Å². The van der Waals surface area contributed by atoms with Crippen molar-refractivity contribution in [1.82, 2.24) is 24.9 Å². The molecule has 0 aliphatic heterocycles. The quantitative estimate of drug-likeness (QED) is 0.223. The lowest BCUT2D eigenvalue weighted by Crippen LogP contribution is -1.97. The molecule has 0 bridgehead atoms. The van der Waals surface area contributed by atoms with Crippen molar-refractivity contribution in [2.75, 3.05) is 0 Å². The second-order valence-electron chi connectivity index (χ2n) is 9.79. The van der Waals surface area contributed by atoms with Gasteiger partial charge in [-0.05, 0) is 56.8 Å². The van der Waals surface area contributed by atoms with Gasteiger partial charge in [-0.2, -0.15) is 0 Å². The predicted molar refractivity (Wildman–Crippen MR) is 162 cm³/mol. The Morgan fingerprint density at radius 3 is 1.98 bits per heavy atom. The normalized spacial score (nSPS) is 11.5. The van der Waals surface area contributed by atoms with Gasteiger partial charge in [0.2, 0.25) is 0 Å². The number of benzene rings is 5. The first-order chi connectivity index (χ1) is 19.8. The molecule has 0 atom stereocenters. The maximum Gasteiger partial charge on any atom is 0.164 e. The Kier molecular flexibility index (Phi) is 5.07. The second kappa shape index (κ2) is 9.03. The third-order valence-electron chi connectivity index (χ3n) is 7.53. The highest BCUT2D eigenvalue weighted by Gasteiger charge is 2.18. The van der Waals surface area contributed by atoms with Crippen LogP contribution in [0.2, 0.25) is 0 Å². The summed E-state index contributed by atoms with van der Waals surface area (Å²) in [5.41, 5.74) is 5.11. The monoisotopic (exact) mass is 511 g/mol. The number of pyridine rings is 2. The zero-order valence-electron chi connectivity index (χ0n) is 21.4. The van der Waals surface area contributed by atoms with Crippen molar-refractivity contribution in [1.29, 1.82) is 0 Å². The number of nitrogens with zero attached hydrogens (tertiary/aromatic N) is 5. The van der Waals surface area contributed by atoms with Gasteiger partial charge in [0.05, 0.1) is 5.52 Å². The number of aromatic nitrogens is 5. The molecule has 8 aromatic rings. The second-order valence-corrected chi connectivity index (χ2v) is 9.79. The molecule has 3 heterocycles. The molecule has 0 spiro atoms. The van der Waals surface area contributed by atoms with E-state index in [9.17, 15) is 0 Å². The molecule has 40 heavy (non-hydrogen) atoms. The highest BCUT2D eigenvalue weighted by Crippen LogP contribution is 2.42. The van der Waals surface area contributed by atoms with Crippen LogP contribution in [0.1, 0.15) is 0 Å². The van der Waals surface area contributed by atoms with Gasteiger partial charge in [-0.1, -0.05) is 78.9 Å². The predicted octanol–water partition coefficient (Wildman–Crippen LogP) is 8.28. The van der Waals surface area contributed by atoms with Crippen molar-refractivity contribution in [3.05, 3.63) is 128 Å². The minimum Gasteiger partial charge on any atom is -0.265 e. The fourth-order valence-corrected chi connectivity index (χ4v) is 5.71. The minimum atomic E-state index is 0.622. The largest absolute Gasteiger partial charge is 0.265 e. The third kappa shape index (κ3) is 3.52. The zero-order chi connectivity index (χ0) is 26.5. The van der Waals surface area contributed by atoms with Gasteiger partial charge in [-0.3, -0.25) is 9.97 Å². The van der Waals surface area contributed by atoms with Crippen molar-refractivity contribution < 1.29 is 0 Å². The molecule has 5 aromatic carbocycles. The summed E-state index contributed by atoms with van der Waals surface area (Å²) < 4.78 is 0. The molecule has 0 saturated carbocycles. The van der Waals surface area contributed by atoms with Gasteiger partial charge >= 0.3 is 0 Å². The summed E-state index contributed by atoms with van der Waals surface area (Å²) in [6, 6.07) is 35.8. The average molecular weight is 512 g/mol. The van der Waals surface area contributed by atoms with E-state index in [-0.39, 0.29) is 0 Å². The van der Waals surface area contributed by atoms with Crippen molar-refractivity contribution in [3.8, 4) is 33.9 Å². The van der Waals surface area contributed by atoms with Crippen LogP contribution < -0.4 is 0 Å². The van der Waals surface area contributed by atoms with Gasteiger partial charge in [-0.15, -0.1) is 0 Å². The Morgan fingerprint density at radius 2 is 1.15 bits per heavy atom. The molecular formula is C35H21N5. The Hall–Kier alpha value is -5.55. The lowest BCUT2D eigenvalue weighted by atomic mass is 9.89. The van der Waals surface area contributed by atoms with Crippen LogP contribution in [0.3, 0.4) is 0 Å². The SMILES string of the molecule is c1ccc(-c2cnc3c4ccccc4c4cc(-c5ncnc(-c6ccncc6)n5)c5ccccc5c4c3c2)cc1. The summed E-state index contributed by atoms with van der Waals surface area (Å²) in [5, 5.41) is 7.97. The number of fused-ring (bicyclic) bond motifs is 8. The highest BCUT2D eigenvalue weighted by atomic mass is 15.0. The summed E-state index contributed by atoms with van der Waals surface area (Å²) in [6.45, 7) is 0. The fourth-order valence-electron chi connectivity index (χ4n) is 5.71. The highest BCUT2D eigenvalue weighted by molar-refractivity contribution is 6.32. The van der Waals surface area contributed by atoms with Gasteiger partial charge in [0.1, 0.15) is 6.33 Å². The van der Waals surface area contributed by atoms with Gasteiger partial charge in [0.25, 0.3) is 0 Å². The van der Waals surface area contributed by atoms with Crippen molar-refractivity contribution in [2.45, 2.75) is 0 Å². The van der Waals surface area contributed by atoms with Gasteiger partial charge in [0, 0.05) is 46.1 Å². The van der Waals surface area contributed by atoms with E-state index in [2.05, 4.69) is 99.9 Å². The summed E-state index contributed by atoms with van der Waals surface area (Å²) in [6.07, 6.45) is 7.07. The molecule has 0 fully saturated rings. The topological polar surface area (TPSA) is 64.5 Å². The lowest BCUT2D eigenvalue weighted by Gasteiger charge is -2.16. The van der Waals surface area contributed by atoms with Crippen molar-refractivity contribution in [2.24, 2.45) is 0 Å². The number of rotatable bonds is 3. The van der Waals surface area contributed by atoms with Crippen molar-refractivity contribution >= 4 is 43.2 Å². The molecule has 0 amide bonds. The summed E-state index contributed by atoms with van der Waals surface area (Å²) in [5.74, 6) is 1.26. The first-order valence-corrected chi connectivity index (χ1v) is 13.2. The van der Waals surface area contributed by atoms with E-state index in [1.54, 1.807) is 18.7 Å². The minimum absolute atomic E-state index is 0.622. The Balaban J connectivity index is 1.50. The van der Waals surface area contributed by atoms with Gasteiger partial charge in [-0.25, -0.2) is 15.0 Å². The van der Waals surface area contributed by atoms with Crippen LogP contribution in [0.5, 0.6) is 0 Å². The van der Waals surface area contributed by atoms with E-state index in [0.29, 0.717) is 11.6 Å². The molecule has 0 aliphatic carbocycles. The van der Waals surface area contributed by atoms with Gasteiger partial charge < -0.3 is 0 Å². The standard InChI is InChI=1S/C35H21N5/c1-2-8-22(9-3-1)24-18-31-32-27-12-6-4-10-25(27)30(35-39-21-38-34(40-35)23-14-16-36-17-15-23)19-29(32)26-11-5-7-13-28(26)33(31)37-20-24/h1-21H. The van der Waals surface area contributed by atoms with E-state index in [4.69, 9.17) is 9.97 Å². The number of hydrogen-bond acceptors (Lipinski definition) is 5. The van der Waals surface area contributed by atoms with E-state index < -0.39 is 0 Å². The Bertz CT molecular complexity index is 2210. The first-order valence-electron chi connectivity index (χ1n) is 13.2. The first kappa shape index (κ1) is 22.4. The summed E-state index contributed by atoms with van der Waals surface area (Å²) in [4.78, 5) is 23.2. The lowest BCUT2D eigenvalue weighted by molar-refractivity contribution is 1.07. The molecule has 0 aliphatic rings. The zero-order valence-corrected chi connectivity index (χ0v) is 21.4. The Labute approximate surface area is 229 Å². The molecule has 8 rings (SSSR count). The van der Waals surface area contributed by atoms with E-state index in [1.807, 2.05) is 24.4 Å². The van der Waals surface area contributed by atoms with Crippen LogP contribution in [-0.4, -0.2) is 24.9 Å². The fraction of sp³-hybridized carbons (Fsp3) is 0. The van der Waals surface area contributed by atoms with E-state index >= 15 is 0 Å². The Morgan fingerprint density at radius 1 is 0.450 bits per heavy atom. The molecule has 5 nitrogen and oxygen atoms in total. The van der Waals surface area contributed by atoms with Crippen LogP contribution >= 0.6 is 0 Å². The van der Waals surface area contributed by atoms with E-state index in [0.717, 1.165) is 60.1 Å². The molecule has 0 radical (unpaired) electrons. The molecule has 0 unspecified atom stereocenters. The van der Waals surface area contributed by atoms with Gasteiger partial charge in [0.15, 0.2) is 11.6 Å². The van der Waals surface area contributed by atoms with Crippen LogP contribution in [0.4, 0.5) is 0 Å². The summed E-state index contributed by atoms with van der Waals surface area (Å²) >= 11 is 0. The van der Waals surface area contributed by atoms with Crippen LogP contribution in [0.15, 0.2) is 128 Å².